The first-order valence-corrected chi connectivity index (χ1v) is 7.43. The van der Waals surface area contributed by atoms with Gasteiger partial charge in [-0.3, -0.25) is 4.79 Å². The summed E-state index contributed by atoms with van der Waals surface area (Å²) in [6.07, 6.45) is 4.30. The third-order valence-electron chi connectivity index (χ3n) is 3.09. The molecule has 0 aliphatic carbocycles. The quantitative estimate of drug-likeness (QED) is 0.743. The van der Waals surface area contributed by atoms with Crippen LogP contribution in [-0.2, 0) is 0 Å². The number of amides is 1. The number of hydrogen-bond acceptors (Lipinski definition) is 4. The monoisotopic (exact) mass is 278 g/mol. The van der Waals surface area contributed by atoms with E-state index in [0.717, 1.165) is 44.6 Å². The third-order valence-corrected chi connectivity index (χ3v) is 3.09. The lowest BCUT2D eigenvalue weighted by Gasteiger charge is -2.17. The van der Waals surface area contributed by atoms with Crippen LogP contribution in [-0.4, -0.2) is 40.9 Å². The van der Waals surface area contributed by atoms with E-state index in [0.29, 0.717) is 11.5 Å². The van der Waals surface area contributed by atoms with Gasteiger partial charge in [0.05, 0.1) is 0 Å². The molecule has 5 heteroatoms. The van der Waals surface area contributed by atoms with Crippen LogP contribution in [0.15, 0.2) is 6.07 Å². The molecule has 0 saturated carbocycles. The Labute approximate surface area is 121 Å². The van der Waals surface area contributed by atoms with Crippen LogP contribution in [0.5, 0.6) is 0 Å². The van der Waals surface area contributed by atoms with Crippen molar-refractivity contribution in [3.63, 3.8) is 0 Å². The van der Waals surface area contributed by atoms with E-state index in [2.05, 4.69) is 29.1 Å². The van der Waals surface area contributed by atoms with Crippen molar-refractivity contribution in [3.8, 4) is 0 Å². The molecule has 0 unspecified atom stereocenters. The van der Waals surface area contributed by atoms with Crippen molar-refractivity contribution in [2.24, 2.45) is 0 Å². The molecule has 1 rings (SSSR count). The molecule has 1 aromatic rings. The normalized spacial score (nSPS) is 10.4. The molecule has 0 atom stereocenters. The molecule has 1 amide bonds. The molecule has 112 valence electrons. The van der Waals surface area contributed by atoms with E-state index >= 15 is 0 Å². The fourth-order valence-electron chi connectivity index (χ4n) is 1.85. The molecule has 0 fully saturated rings. The molecule has 1 aromatic heterocycles. The van der Waals surface area contributed by atoms with Crippen molar-refractivity contribution < 1.29 is 4.79 Å². The zero-order valence-electron chi connectivity index (χ0n) is 13.1. The van der Waals surface area contributed by atoms with Gasteiger partial charge in [-0.25, -0.2) is 9.97 Å². The number of aryl methyl sites for hydroxylation is 1. The van der Waals surface area contributed by atoms with Crippen LogP contribution in [0.1, 0.15) is 55.8 Å². The van der Waals surface area contributed by atoms with Crippen molar-refractivity contribution in [1.29, 1.82) is 0 Å². The van der Waals surface area contributed by atoms with Crippen molar-refractivity contribution in [2.45, 2.75) is 46.5 Å². The van der Waals surface area contributed by atoms with Gasteiger partial charge in [0.1, 0.15) is 17.3 Å². The Hall–Kier alpha value is -1.65. The van der Waals surface area contributed by atoms with E-state index in [4.69, 9.17) is 0 Å². The van der Waals surface area contributed by atoms with Gasteiger partial charge in [-0.15, -0.1) is 0 Å². The predicted octanol–water partition coefficient (Wildman–Crippen LogP) is 2.87. The van der Waals surface area contributed by atoms with Crippen molar-refractivity contribution >= 4 is 11.7 Å². The van der Waals surface area contributed by atoms with Crippen LogP contribution in [0.3, 0.4) is 0 Å². The summed E-state index contributed by atoms with van der Waals surface area (Å²) in [5.41, 5.74) is 0.468. The Kier molecular flexibility index (Phi) is 6.98. The second-order valence-corrected chi connectivity index (χ2v) is 5.05. The second-order valence-electron chi connectivity index (χ2n) is 5.05. The molecule has 20 heavy (non-hydrogen) atoms. The number of hydrogen-bond donors (Lipinski definition) is 1. The number of anilines is 1. The van der Waals surface area contributed by atoms with Gasteiger partial charge in [-0.2, -0.15) is 0 Å². The number of carbonyl (C=O) groups excluding carboxylic acids is 1. The maximum Gasteiger partial charge on any atom is 0.272 e. The van der Waals surface area contributed by atoms with Gasteiger partial charge in [0, 0.05) is 26.2 Å². The van der Waals surface area contributed by atoms with Crippen molar-refractivity contribution in [1.82, 2.24) is 14.9 Å². The molecule has 0 aromatic carbocycles. The molecule has 0 bridgehead atoms. The zero-order chi connectivity index (χ0) is 15.0. The molecular weight excluding hydrogens is 252 g/mol. The van der Waals surface area contributed by atoms with E-state index in [-0.39, 0.29) is 5.91 Å². The van der Waals surface area contributed by atoms with Crippen LogP contribution in [0, 0.1) is 6.92 Å². The van der Waals surface area contributed by atoms with E-state index in [1.807, 2.05) is 14.0 Å². The van der Waals surface area contributed by atoms with Gasteiger partial charge in [0.25, 0.3) is 5.91 Å². The first-order valence-electron chi connectivity index (χ1n) is 7.43. The topological polar surface area (TPSA) is 58.1 Å². The Bertz CT molecular complexity index is 434. The predicted molar refractivity (Wildman–Crippen MR) is 82.0 cm³/mol. The van der Waals surface area contributed by atoms with Gasteiger partial charge in [0.2, 0.25) is 0 Å². The van der Waals surface area contributed by atoms with E-state index in [1.165, 1.54) is 0 Å². The summed E-state index contributed by atoms with van der Waals surface area (Å²) in [6, 6.07) is 1.74. The summed E-state index contributed by atoms with van der Waals surface area (Å²) in [5.74, 6) is 1.32. The van der Waals surface area contributed by atoms with E-state index < -0.39 is 0 Å². The van der Waals surface area contributed by atoms with Crippen LogP contribution in [0.25, 0.3) is 0 Å². The number of rotatable bonds is 8. The van der Waals surface area contributed by atoms with Crippen molar-refractivity contribution in [2.75, 3.05) is 25.5 Å². The highest BCUT2D eigenvalue weighted by Gasteiger charge is 2.14. The number of carbonyl (C=O) groups is 1. The Morgan fingerprint density at radius 3 is 2.60 bits per heavy atom. The molecule has 0 aliphatic rings. The van der Waals surface area contributed by atoms with E-state index in [1.54, 1.807) is 11.0 Å². The maximum absolute atomic E-state index is 12.3. The van der Waals surface area contributed by atoms with Crippen LogP contribution < -0.4 is 5.32 Å². The lowest BCUT2D eigenvalue weighted by atomic mass is 10.3. The average Bonchev–Trinajstić information content (AvgIpc) is 2.43. The number of unbranched alkanes of at least 4 members (excludes halogenated alkanes) is 2. The first-order chi connectivity index (χ1) is 9.58. The molecule has 0 aliphatic heterocycles. The SMILES string of the molecule is CCCCNc1cc(C(=O)N(C)CCCC)nc(C)n1. The minimum atomic E-state index is -0.0394. The number of nitrogens with one attached hydrogen (secondary N) is 1. The number of aromatic nitrogens is 2. The van der Waals surface area contributed by atoms with Gasteiger partial charge in [-0.1, -0.05) is 26.7 Å². The summed E-state index contributed by atoms with van der Waals surface area (Å²) in [5, 5.41) is 3.24. The second kappa shape index (κ2) is 8.51. The lowest BCUT2D eigenvalue weighted by molar-refractivity contribution is 0.0787. The summed E-state index contributed by atoms with van der Waals surface area (Å²) < 4.78 is 0. The lowest BCUT2D eigenvalue weighted by Crippen LogP contribution is -2.28. The highest BCUT2D eigenvalue weighted by atomic mass is 16.2. The maximum atomic E-state index is 12.3. The number of nitrogens with zero attached hydrogens (tertiary/aromatic N) is 3. The van der Waals surface area contributed by atoms with Crippen LogP contribution >= 0.6 is 0 Å². The highest BCUT2D eigenvalue weighted by molar-refractivity contribution is 5.92. The van der Waals surface area contributed by atoms with Gasteiger partial charge >= 0.3 is 0 Å². The summed E-state index contributed by atoms with van der Waals surface area (Å²) in [7, 11) is 1.82. The summed E-state index contributed by atoms with van der Waals surface area (Å²) in [6.45, 7) is 7.70. The first kappa shape index (κ1) is 16.4. The third kappa shape index (κ3) is 5.15. The molecule has 5 nitrogen and oxygen atoms in total. The zero-order valence-corrected chi connectivity index (χ0v) is 13.1. The minimum Gasteiger partial charge on any atom is -0.370 e. The largest absolute Gasteiger partial charge is 0.370 e. The molecule has 0 saturated heterocycles. The standard InChI is InChI=1S/C15H26N4O/c1-5-7-9-16-14-11-13(17-12(3)18-14)15(20)19(4)10-8-6-2/h11H,5-10H2,1-4H3,(H,16,17,18). The Balaban J connectivity index is 2.75. The highest BCUT2D eigenvalue weighted by Crippen LogP contribution is 2.09. The smallest absolute Gasteiger partial charge is 0.272 e. The Morgan fingerprint density at radius 1 is 1.25 bits per heavy atom. The molecule has 1 N–H and O–H groups in total. The van der Waals surface area contributed by atoms with E-state index in [9.17, 15) is 4.79 Å². The van der Waals surface area contributed by atoms with Crippen LogP contribution in [0.4, 0.5) is 5.82 Å². The van der Waals surface area contributed by atoms with Crippen molar-refractivity contribution in [3.05, 3.63) is 17.6 Å². The molecular formula is C15H26N4O. The van der Waals surface area contributed by atoms with Gasteiger partial charge in [0.15, 0.2) is 0 Å². The Morgan fingerprint density at radius 2 is 1.95 bits per heavy atom. The minimum absolute atomic E-state index is 0.0394. The molecule has 0 radical (unpaired) electrons. The fourth-order valence-corrected chi connectivity index (χ4v) is 1.85. The van der Waals surface area contributed by atoms with Gasteiger partial charge in [-0.05, 0) is 19.8 Å². The molecule has 0 spiro atoms. The summed E-state index contributed by atoms with van der Waals surface area (Å²) in [4.78, 5) is 22.6. The van der Waals surface area contributed by atoms with Gasteiger partial charge < -0.3 is 10.2 Å². The molecule has 1 heterocycles. The summed E-state index contributed by atoms with van der Waals surface area (Å²) >= 11 is 0. The van der Waals surface area contributed by atoms with Crippen LogP contribution in [0.2, 0.25) is 0 Å². The average molecular weight is 278 g/mol. The fraction of sp³-hybridized carbons (Fsp3) is 0.667.